The van der Waals surface area contributed by atoms with Crippen LogP contribution in [0.5, 0.6) is 0 Å². The Hall–Kier alpha value is -3.54. The number of likely N-dealkylation sites (tertiary alicyclic amines) is 1. The Kier molecular flexibility index (Phi) is 6.13. The molecule has 0 bridgehead atoms. The summed E-state index contributed by atoms with van der Waals surface area (Å²) in [5.41, 5.74) is 3.00. The number of nitrogens with zero attached hydrogens (tertiary/aromatic N) is 8. The molecule has 0 aliphatic carbocycles. The Morgan fingerprint density at radius 1 is 1.31 bits per heavy atom. The lowest BCUT2D eigenvalue weighted by Crippen LogP contribution is -2.40. The number of hydrogen-bond acceptors (Lipinski definition) is 8. The molecule has 2 saturated heterocycles. The lowest BCUT2D eigenvalue weighted by Gasteiger charge is -2.17. The first-order valence-corrected chi connectivity index (χ1v) is 11.9. The molecule has 2 fully saturated rings. The van der Waals surface area contributed by atoms with Gasteiger partial charge >= 0.3 is 0 Å². The van der Waals surface area contributed by atoms with Crippen molar-refractivity contribution in [1.82, 2.24) is 39.5 Å². The number of aryl methyl sites for hydroxylation is 2. The quantitative estimate of drug-likeness (QED) is 0.491. The van der Waals surface area contributed by atoms with Crippen LogP contribution in [0.2, 0.25) is 0 Å². The van der Waals surface area contributed by atoms with Gasteiger partial charge in [0, 0.05) is 25.8 Å². The average molecular weight is 483 g/mol. The van der Waals surface area contributed by atoms with Gasteiger partial charge < -0.3 is 25.0 Å². The number of anilines is 3. The van der Waals surface area contributed by atoms with E-state index >= 15 is 0 Å². The molecule has 2 aliphatic heterocycles. The number of fused-ring (bicyclic) bond motifs is 1. The molecule has 0 spiro atoms. The average Bonchev–Trinajstić information content (AvgIpc) is 3.61. The number of hydrogen-bond donors (Lipinski definition) is 2. The molecule has 2 N–H and O–H groups in total. The molecular formula is C23H31FN10O. The number of carbonyl (C=O) groups excluding carboxylic acids is 1. The van der Waals surface area contributed by atoms with Gasteiger partial charge in [-0.05, 0) is 39.9 Å². The maximum atomic E-state index is 14.7. The monoisotopic (exact) mass is 482 g/mol. The Balaban J connectivity index is 1.46. The van der Waals surface area contributed by atoms with Crippen LogP contribution in [0.3, 0.4) is 0 Å². The molecule has 2 aliphatic rings. The third-order valence-corrected chi connectivity index (χ3v) is 6.75. The van der Waals surface area contributed by atoms with E-state index in [0.717, 1.165) is 37.0 Å². The number of amides is 1. The molecule has 0 radical (unpaired) electrons. The normalized spacial score (nSPS) is 22.7. The molecule has 5 heterocycles. The van der Waals surface area contributed by atoms with Gasteiger partial charge in [0.1, 0.15) is 6.17 Å². The number of aromatic nitrogens is 6. The summed E-state index contributed by atoms with van der Waals surface area (Å²) in [7, 11) is 2.12. The highest BCUT2D eigenvalue weighted by atomic mass is 19.1. The highest BCUT2D eigenvalue weighted by Gasteiger charge is 2.35. The van der Waals surface area contributed by atoms with Crippen molar-refractivity contribution >= 4 is 34.5 Å². The molecular weight excluding hydrogens is 451 g/mol. The van der Waals surface area contributed by atoms with E-state index in [0.29, 0.717) is 35.5 Å². The van der Waals surface area contributed by atoms with Crippen LogP contribution in [-0.4, -0.2) is 85.5 Å². The predicted octanol–water partition coefficient (Wildman–Crippen LogP) is 1.80. The van der Waals surface area contributed by atoms with E-state index in [1.165, 1.54) is 0 Å². The Morgan fingerprint density at radius 3 is 2.86 bits per heavy atom. The number of alkyl halides is 1. The minimum Gasteiger partial charge on any atom is -0.345 e. The lowest BCUT2D eigenvalue weighted by atomic mass is 10.2. The van der Waals surface area contributed by atoms with Crippen molar-refractivity contribution < 1.29 is 9.18 Å². The van der Waals surface area contributed by atoms with Gasteiger partial charge in [-0.1, -0.05) is 6.58 Å². The highest BCUT2D eigenvalue weighted by molar-refractivity contribution is 5.88. The summed E-state index contributed by atoms with van der Waals surface area (Å²) in [5, 5.41) is 10.8. The van der Waals surface area contributed by atoms with Crippen molar-refractivity contribution in [2.24, 2.45) is 0 Å². The molecule has 1 amide bonds. The number of rotatable bonds is 7. The van der Waals surface area contributed by atoms with Crippen molar-refractivity contribution in [3.8, 4) is 0 Å². The fraction of sp³-hybridized carbons (Fsp3) is 0.522. The third kappa shape index (κ3) is 4.45. The van der Waals surface area contributed by atoms with Crippen molar-refractivity contribution in [3.63, 3.8) is 0 Å². The van der Waals surface area contributed by atoms with Gasteiger partial charge in [-0.2, -0.15) is 15.1 Å². The molecule has 3 unspecified atom stereocenters. The minimum atomic E-state index is -1.24. The maximum Gasteiger partial charge on any atom is 0.243 e. The largest absolute Gasteiger partial charge is 0.345 e. The van der Waals surface area contributed by atoms with Crippen molar-refractivity contribution in [2.75, 3.05) is 43.4 Å². The highest BCUT2D eigenvalue weighted by Crippen LogP contribution is 2.30. The van der Waals surface area contributed by atoms with Gasteiger partial charge in [-0.25, -0.2) is 9.37 Å². The SMILES string of the molecule is C=CC(=O)NC1CN(c2nc(Nc3cn(C4CCN(C)C4)nc3C)c3ncn(CC)c3n2)CC1F. The van der Waals surface area contributed by atoms with Crippen LogP contribution in [0.25, 0.3) is 11.2 Å². The Bertz CT molecular complexity index is 1250. The maximum absolute atomic E-state index is 14.7. The summed E-state index contributed by atoms with van der Waals surface area (Å²) in [5.74, 6) is 0.524. The number of nitrogens with one attached hydrogen (secondary N) is 2. The zero-order valence-electron chi connectivity index (χ0n) is 20.3. The van der Waals surface area contributed by atoms with Crippen LogP contribution in [0.15, 0.2) is 25.2 Å². The van der Waals surface area contributed by atoms with Gasteiger partial charge in [0.2, 0.25) is 11.9 Å². The third-order valence-electron chi connectivity index (χ3n) is 6.75. The molecule has 12 heteroatoms. The van der Waals surface area contributed by atoms with Crippen molar-refractivity contribution in [1.29, 1.82) is 0 Å². The van der Waals surface area contributed by atoms with Gasteiger partial charge in [-0.15, -0.1) is 0 Å². The molecule has 3 aromatic heterocycles. The Morgan fingerprint density at radius 2 is 2.14 bits per heavy atom. The number of halogens is 1. The van der Waals surface area contributed by atoms with E-state index in [1.54, 1.807) is 11.2 Å². The van der Waals surface area contributed by atoms with E-state index in [1.807, 2.05) is 29.3 Å². The van der Waals surface area contributed by atoms with Crippen LogP contribution < -0.4 is 15.5 Å². The minimum absolute atomic E-state index is 0.0828. The fourth-order valence-electron chi connectivity index (χ4n) is 4.74. The standard InChI is InChI=1S/C23H31FN10O/c1-5-19(35)26-18-11-33(10-16(18)24)23-28-21(20-22(29-23)32(6-2)13-25-20)27-17-12-34(30-14(17)3)15-7-8-31(4)9-15/h5,12-13,15-16,18H,1,6-11H2,2-4H3,(H,26,35)(H,27,28,29). The van der Waals surface area contributed by atoms with E-state index in [9.17, 15) is 9.18 Å². The zero-order chi connectivity index (χ0) is 24.7. The second kappa shape index (κ2) is 9.25. The van der Waals surface area contributed by atoms with E-state index in [-0.39, 0.29) is 13.1 Å². The van der Waals surface area contributed by atoms with Gasteiger partial charge in [-0.3, -0.25) is 9.48 Å². The van der Waals surface area contributed by atoms with Crippen LogP contribution in [0.1, 0.15) is 25.1 Å². The molecule has 11 nitrogen and oxygen atoms in total. The summed E-state index contributed by atoms with van der Waals surface area (Å²) < 4.78 is 18.7. The van der Waals surface area contributed by atoms with Gasteiger partial charge in [0.15, 0.2) is 17.0 Å². The lowest BCUT2D eigenvalue weighted by molar-refractivity contribution is -0.117. The molecule has 0 saturated carbocycles. The Labute approximate surface area is 203 Å². The molecule has 0 aromatic carbocycles. The second-order valence-electron chi connectivity index (χ2n) is 9.25. The summed E-state index contributed by atoms with van der Waals surface area (Å²) in [4.78, 5) is 29.7. The van der Waals surface area contributed by atoms with Crippen molar-refractivity contribution in [3.05, 3.63) is 30.9 Å². The molecule has 3 atom stereocenters. The summed E-state index contributed by atoms with van der Waals surface area (Å²) in [6, 6.07) is -0.319. The van der Waals surface area contributed by atoms with Gasteiger partial charge in [0.25, 0.3) is 0 Å². The summed E-state index contributed by atoms with van der Waals surface area (Å²) in [6.07, 6.45) is 4.70. The first-order valence-electron chi connectivity index (χ1n) is 11.9. The molecule has 35 heavy (non-hydrogen) atoms. The molecule has 186 valence electrons. The zero-order valence-corrected chi connectivity index (χ0v) is 20.3. The summed E-state index contributed by atoms with van der Waals surface area (Å²) >= 11 is 0. The molecule has 3 aromatic rings. The van der Waals surface area contributed by atoms with Gasteiger partial charge in [0.05, 0.1) is 36.3 Å². The van der Waals surface area contributed by atoms with E-state index in [2.05, 4.69) is 34.1 Å². The number of carbonyl (C=O) groups is 1. The number of likely N-dealkylation sites (N-methyl/N-ethyl adjacent to an activating group) is 1. The topological polar surface area (TPSA) is 109 Å². The first kappa shape index (κ1) is 23.2. The summed E-state index contributed by atoms with van der Waals surface area (Å²) in [6.45, 7) is 10.5. The van der Waals surface area contributed by atoms with E-state index < -0.39 is 18.1 Å². The second-order valence-corrected chi connectivity index (χ2v) is 9.25. The predicted molar refractivity (Wildman–Crippen MR) is 132 cm³/mol. The van der Waals surface area contributed by atoms with Crippen LogP contribution in [0, 0.1) is 6.92 Å². The van der Waals surface area contributed by atoms with Crippen molar-refractivity contribution in [2.45, 2.75) is 45.1 Å². The first-order chi connectivity index (χ1) is 16.9. The van der Waals surface area contributed by atoms with Crippen LogP contribution >= 0.6 is 0 Å². The van der Waals surface area contributed by atoms with E-state index in [4.69, 9.17) is 15.1 Å². The smallest absolute Gasteiger partial charge is 0.243 e. The van der Waals surface area contributed by atoms with Crippen LogP contribution in [-0.2, 0) is 11.3 Å². The number of imidazole rings is 1. The fourth-order valence-corrected chi connectivity index (χ4v) is 4.74. The molecule has 5 rings (SSSR count). The van der Waals surface area contributed by atoms with Crippen LogP contribution in [0.4, 0.5) is 21.8 Å².